The molecule has 1 aliphatic rings. The number of allylic oxidation sites excluding steroid dienone is 1. The van der Waals surface area contributed by atoms with Gasteiger partial charge in [-0.3, -0.25) is 5.32 Å². The fraction of sp³-hybridized carbons (Fsp3) is 0.526. The van der Waals surface area contributed by atoms with Crippen LogP contribution in [0.4, 0.5) is 0 Å². The summed E-state index contributed by atoms with van der Waals surface area (Å²) in [6.45, 7) is 6.70. The Morgan fingerprint density at radius 1 is 1.28 bits per heavy atom. The summed E-state index contributed by atoms with van der Waals surface area (Å²) in [7, 11) is 0. The minimum atomic E-state index is -0.834. The van der Waals surface area contributed by atoms with Crippen LogP contribution in [0, 0.1) is 6.92 Å². The van der Waals surface area contributed by atoms with E-state index in [1.54, 1.807) is 6.92 Å². The summed E-state index contributed by atoms with van der Waals surface area (Å²) >= 11 is 3.42. The summed E-state index contributed by atoms with van der Waals surface area (Å²) < 4.78 is 5.28. The lowest BCUT2D eigenvalue weighted by Gasteiger charge is -2.40. The van der Waals surface area contributed by atoms with Gasteiger partial charge in [0.2, 0.25) is 0 Å². The number of nitrogens with one attached hydrogen (secondary N) is 1. The number of benzene rings is 1. The molecule has 6 heteroatoms. The number of aryl methyl sites for hydroxylation is 1. The molecular formula is C19H27BrN2O3. The smallest absolute Gasteiger partial charge is 0.337 e. The van der Waals surface area contributed by atoms with Gasteiger partial charge in [-0.2, -0.15) is 0 Å². The van der Waals surface area contributed by atoms with Crippen molar-refractivity contribution in [1.29, 1.82) is 0 Å². The van der Waals surface area contributed by atoms with Crippen molar-refractivity contribution < 1.29 is 14.6 Å². The molecule has 1 aromatic carbocycles. The van der Waals surface area contributed by atoms with Crippen molar-refractivity contribution in [2.75, 3.05) is 18.5 Å². The maximum Gasteiger partial charge on any atom is 0.337 e. The number of hydrogen-bond donors (Lipinski definition) is 2. The molecule has 0 saturated carbocycles. The van der Waals surface area contributed by atoms with Gasteiger partial charge < -0.3 is 14.7 Å². The van der Waals surface area contributed by atoms with Crippen LogP contribution < -0.4 is 5.32 Å². The van der Waals surface area contributed by atoms with Crippen LogP contribution in [-0.4, -0.2) is 40.8 Å². The van der Waals surface area contributed by atoms with Gasteiger partial charge in [-0.1, -0.05) is 45.8 Å². The zero-order chi connectivity index (χ0) is 18.4. The number of carbonyl (C=O) groups is 1. The summed E-state index contributed by atoms with van der Waals surface area (Å²) in [5.74, 6) is -0.338. The number of esters is 1. The highest BCUT2D eigenvalue weighted by Crippen LogP contribution is 2.32. The monoisotopic (exact) mass is 410 g/mol. The van der Waals surface area contributed by atoms with Crippen molar-refractivity contribution >= 4 is 21.9 Å². The standard InChI is InChI=1S/C19H27BrN2O3/c1-4-25-18(23)16-14(3)22(12-6-5-11-20)19(24)21-17(16)15-9-7-13(2)8-10-15/h7-10,17,19,21,24H,4-6,11-12H2,1-3H3. The Hall–Kier alpha value is -1.37. The van der Waals surface area contributed by atoms with Gasteiger partial charge in [0, 0.05) is 17.6 Å². The van der Waals surface area contributed by atoms with E-state index < -0.39 is 6.35 Å². The second-order valence-electron chi connectivity index (χ2n) is 6.19. The molecule has 2 N–H and O–H groups in total. The fourth-order valence-electron chi connectivity index (χ4n) is 3.03. The van der Waals surface area contributed by atoms with Crippen LogP contribution >= 0.6 is 15.9 Å². The Kier molecular flexibility index (Phi) is 7.47. The molecule has 25 heavy (non-hydrogen) atoms. The number of hydrogen-bond acceptors (Lipinski definition) is 5. The molecule has 5 nitrogen and oxygen atoms in total. The van der Waals surface area contributed by atoms with Gasteiger partial charge in [0.15, 0.2) is 6.35 Å². The first kappa shape index (κ1) is 19.9. The van der Waals surface area contributed by atoms with E-state index in [4.69, 9.17) is 4.74 Å². The summed E-state index contributed by atoms with van der Waals surface area (Å²) in [6.07, 6.45) is 1.10. The zero-order valence-electron chi connectivity index (χ0n) is 15.1. The lowest BCUT2D eigenvalue weighted by Crippen LogP contribution is -2.52. The van der Waals surface area contributed by atoms with Crippen molar-refractivity contribution in [3.05, 3.63) is 46.7 Å². The van der Waals surface area contributed by atoms with Gasteiger partial charge in [0.05, 0.1) is 18.2 Å². The van der Waals surface area contributed by atoms with Crippen LogP contribution in [0.5, 0.6) is 0 Å². The van der Waals surface area contributed by atoms with E-state index >= 15 is 0 Å². The largest absolute Gasteiger partial charge is 0.463 e. The number of carbonyl (C=O) groups excluding carboxylic acids is 1. The molecule has 0 saturated heterocycles. The number of ether oxygens (including phenoxy) is 1. The van der Waals surface area contributed by atoms with Gasteiger partial charge in [0.25, 0.3) is 0 Å². The zero-order valence-corrected chi connectivity index (χ0v) is 16.7. The van der Waals surface area contributed by atoms with Gasteiger partial charge >= 0.3 is 5.97 Å². The Balaban J connectivity index is 2.38. The number of unbranched alkanes of at least 4 members (excludes halogenated alkanes) is 1. The number of aliphatic hydroxyl groups excluding tert-OH is 1. The molecule has 0 amide bonds. The number of alkyl halides is 1. The number of aliphatic hydroxyl groups is 1. The molecule has 0 aromatic heterocycles. The number of nitrogens with zero attached hydrogens (tertiary/aromatic N) is 1. The SMILES string of the molecule is CCOC(=O)C1=C(C)N(CCCCBr)C(O)NC1c1ccc(C)cc1. The molecule has 1 heterocycles. The minimum Gasteiger partial charge on any atom is -0.463 e. The quantitative estimate of drug-likeness (QED) is 0.410. The van der Waals surface area contributed by atoms with Crippen molar-refractivity contribution in [2.24, 2.45) is 0 Å². The molecule has 0 bridgehead atoms. The minimum absolute atomic E-state index is 0.322. The van der Waals surface area contributed by atoms with E-state index in [2.05, 4.69) is 21.2 Å². The predicted molar refractivity (Wildman–Crippen MR) is 102 cm³/mol. The second kappa shape index (κ2) is 9.36. The molecule has 0 radical (unpaired) electrons. The summed E-state index contributed by atoms with van der Waals surface area (Å²) in [5, 5.41) is 14.7. The molecule has 2 atom stereocenters. The topological polar surface area (TPSA) is 61.8 Å². The van der Waals surface area contributed by atoms with Crippen LogP contribution in [0.3, 0.4) is 0 Å². The number of rotatable bonds is 7. The maximum atomic E-state index is 12.6. The van der Waals surface area contributed by atoms with Gasteiger partial charge in [-0.25, -0.2) is 4.79 Å². The second-order valence-corrected chi connectivity index (χ2v) is 6.99. The average Bonchev–Trinajstić information content (AvgIpc) is 2.58. The maximum absolute atomic E-state index is 12.6. The molecule has 1 aromatic rings. The summed E-state index contributed by atoms with van der Waals surface area (Å²) in [6, 6.07) is 7.58. The number of halogens is 1. The highest BCUT2D eigenvalue weighted by Gasteiger charge is 2.36. The van der Waals surface area contributed by atoms with Gasteiger partial charge in [-0.05, 0) is 39.2 Å². The first-order valence-electron chi connectivity index (χ1n) is 8.70. The molecule has 1 aliphatic heterocycles. The van der Waals surface area contributed by atoms with Crippen LogP contribution in [0.15, 0.2) is 35.5 Å². The van der Waals surface area contributed by atoms with Gasteiger partial charge in [0.1, 0.15) is 0 Å². The highest BCUT2D eigenvalue weighted by atomic mass is 79.9. The van der Waals surface area contributed by atoms with Gasteiger partial charge in [-0.15, -0.1) is 0 Å². The first-order valence-corrected chi connectivity index (χ1v) is 9.83. The lowest BCUT2D eigenvalue weighted by molar-refractivity contribution is -0.140. The Labute approximate surface area is 158 Å². The Morgan fingerprint density at radius 2 is 1.96 bits per heavy atom. The van der Waals surface area contributed by atoms with E-state index in [1.165, 1.54) is 0 Å². The summed E-state index contributed by atoms with van der Waals surface area (Å²) in [4.78, 5) is 14.4. The van der Waals surface area contributed by atoms with E-state index in [0.717, 1.165) is 35.0 Å². The Bertz CT molecular complexity index is 616. The van der Waals surface area contributed by atoms with Crippen LogP contribution in [0.25, 0.3) is 0 Å². The van der Waals surface area contributed by atoms with E-state index in [-0.39, 0.29) is 12.0 Å². The normalized spacial score (nSPS) is 20.8. The van der Waals surface area contributed by atoms with E-state index in [0.29, 0.717) is 18.7 Å². The fourth-order valence-corrected chi connectivity index (χ4v) is 3.43. The average molecular weight is 411 g/mol. The third kappa shape index (κ3) is 4.84. The van der Waals surface area contributed by atoms with Crippen LogP contribution in [-0.2, 0) is 9.53 Å². The lowest BCUT2D eigenvalue weighted by atomic mass is 9.94. The van der Waals surface area contributed by atoms with Crippen molar-refractivity contribution in [2.45, 2.75) is 46.0 Å². The first-order chi connectivity index (χ1) is 12.0. The molecule has 138 valence electrons. The molecule has 2 unspecified atom stereocenters. The molecule has 0 spiro atoms. The van der Waals surface area contributed by atoms with E-state index in [9.17, 15) is 9.90 Å². The third-order valence-corrected chi connectivity index (χ3v) is 4.97. The highest BCUT2D eigenvalue weighted by molar-refractivity contribution is 9.09. The molecule has 2 rings (SSSR count). The molecule has 0 fully saturated rings. The Morgan fingerprint density at radius 3 is 2.56 bits per heavy atom. The predicted octanol–water partition coefficient (Wildman–Crippen LogP) is 3.23. The van der Waals surface area contributed by atoms with Crippen LogP contribution in [0.2, 0.25) is 0 Å². The van der Waals surface area contributed by atoms with Crippen LogP contribution in [0.1, 0.15) is 43.9 Å². The molecular weight excluding hydrogens is 384 g/mol. The van der Waals surface area contributed by atoms with E-state index in [1.807, 2.05) is 43.0 Å². The van der Waals surface area contributed by atoms with Crippen molar-refractivity contribution in [3.63, 3.8) is 0 Å². The van der Waals surface area contributed by atoms with Crippen molar-refractivity contribution in [3.8, 4) is 0 Å². The van der Waals surface area contributed by atoms with Crippen molar-refractivity contribution in [1.82, 2.24) is 10.2 Å². The molecule has 0 aliphatic carbocycles. The summed E-state index contributed by atoms with van der Waals surface area (Å²) in [5.41, 5.74) is 3.42. The third-order valence-electron chi connectivity index (χ3n) is 4.41.